The summed E-state index contributed by atoms with van der Waals surface area (Å²) in [5.41, 5.74) is 3.37. The van der Waals surface area contributed by atoms with Gasteiger partial charge in [0.2, 0.25) is 5.54 Å². The van der Waals surface area contributed by atoms with Crippen molar-refractivity contribution >= 4 is 5.91 Å². The van der Waals surface area contributed by atoms with E-state index in [2.05, 4.69) is 5.73 Å². The maximum absolute atomic E-state index is 12.8. The van der Waals surface area contributed by atoms with E-state index in [1.54, 1.807) is 0 Å². The molecule has 0 saturated carbocycles. The largest absolute Gasteiger partial charge is 0.419 e. The van der Waals surface area contributed by atoms with Crippen molar-refractivity contribution in [3.8, 4) is 0 Å². The molecular formula is C10H8F6N2O. The summed E-state index contributed by atoms with van der Waals surface area (Å²) in [6.45, 7) is 0. The molecule has 0 heterocycles. The van der Waals surface area contributed by atoms with Crippen LogP contribution >= 0.6 is 0 Å². The molecule has 19 heavy (non-hydrogen) atoms. The fraction of sp³-hybridized carbons (Fsp3) is 0.300. The standard InChI is InChI=1S/C10H8F6N2O/c11-9(12,13)6-3-1-2-5(4-6)8(18,7(17)19)10(14,15)16/h1-4H,18H2,(H2,17,19). The Morgan fingerprint density at radius 1 is 1.00 bits per heavy atom. The summed E-state index contributed by atoms with van der Waals surface area (Å²) >= 11 is 0. The first kappa shape index (κ1) is 15.3. The molecule has 0 aromatic heterocycles. The van der Waals surface area contributed by atoms with E-state index in [1.807, 2.05) is 0 Å². The molecule has 9 heteroatoms. The van der Waals surface area contributed by atoms with Crippen LogP contribution in [-0.2, 0) is 16.5 Å². The Hall–Kier alpha value is -1.77. The predicted molar refractivity (Wildman–Crippen MR) is 52.6 cm³/mol. The first-order valence-electron chi connectivity index (χ1n) is 4.74. The highest BCUT2D eigenvalue weighted by atomic mass is 19.4. The van der Waals surface area contributed by atoms with E-state index in [9.17, 15) is 31.1 Å². The summed E-state index contributed by atoms with van der Waals surface area (Å²) in [4.78, 5) is 10.9. The van der Waals surface area contributed by atoms with Crippen LogP contribution in [0.2, 0.25) is 0 Å². The number of nitrogens with two attached hydrogens (primary N) is 2. The van der Waals surface area contributed by atoms with E-state index >= 15 is 0 Å². The van der Waals surface area contributed by atoms with Crippen molar-refractivity contribution in [3.05, 3.63) is 35.4 Å². The molecule has 1 aromatic rings. The molecule has 0 aliphatic heterocycles. The van der Waals surface area contributed by atoms with Crippen molar-refractivity contribution in [3.63, 3.8) is 0 Å². The lowest BCUT2D eigenvalue weighted by atomic mass is 9.88. The van der Waals surface area contributed by atoms with Crippen molar-refractivity contribution in [1.29, 1.82) is 0 Å². The zero-order valence-electron chi connectivity index (χ0n) is 9.14. The van der Waals surface area contributed by atoms with Crippen LogP contribution in [0.3, 0.4) is 0 Å². The smallest absolute Gasteiger partial charge is 0.367 e. The molecule has 1 rings (SSSR count). The number of hydrogen-bond acceptors (Lipinski definition) is 2. The molecule has 0 bridgehead atoms. The van der Waals surface area contributed by atoms with Crippen molar-refractivity contribution in [2.24, 2.45) is 11.5 Å². The summed E-state index contributed by atoms with van der Waals surface area (Å²) in [5, 5.41) is 0. The molecule has 0 aliphatic rings. The molecule has 1 unspecified atom stereocenters. The number of hydrogen-bond donors (Lipinski definition) is 2. The van der Waals surface area contributed by atoms with Gasteiger partial charge in [-0.3, -0.25) is 4.79 Å². The second kappa shape index (κ2) is 4.41. The molecule has 0 saturated heterocycles. The molecule has 0 aliphatic carbocycles. The number of primary amides is 1. The third-order valence-corrected chi connectivity index (χ3v) is 2.48. The molecule has 4 N–H and O–H groups in total. The molecular weight excluding hydrogens is 278 g/mol. The van der Waals surface area contributed by atoms with Crippen molar-refractivity contribution in [2.45, 2.75) is 17.9 Å². The van der Waals surface area contributed by atoms with Crippen LogP contribution < -0.4 is 11.5 Å². The Labute approximate surface area is 103 Å². The van der Waals surface area contributed by atoms with Crippen LogP contribution in [0.15, 0.2) is 24.3 Å². The van der Waals surface area contributed by atoms with Crippen LogP contribution in [0.25, 0.3) is 0 Å². The minimum Gasteiger partial charge on any atom is -0.367 e. The lowest BCUT2D eigenvalue weighted by Gasteiger charge is -2.29. The number of alkyl halides is 6. The quantitative estimate of drug-likeness (QED) is 0.815. The van der Waals surface area contributed by atoms with Gasteiger partial charge >= 0.3 is 12.4 Å². The van der Waals surface area contributed by atoms with Gasteiger partial charge in [0.05, 0.1) is 5.56 Å². The zero-order chi connectivity index (χ0) is 15.1. The molecule has 0 spiro atoms. The van der Waals surface area contributed by atoms with Gasteiger partial charge in [-0.1, -0.05) is 12.1 Å². The maximum Gasteiger partial charge on any atom is 0.419 e. The van der Waals surface area contributed by atoms with Crippen LogP contribution in [0.5, 0.6) is 0 Å². The van der Waals surface area contributed by atoms with Gasteiger partial charge in [0.15, 0.2) is 0 Å². The van der Waals surface area contributed by atoms with Gasteiger partial charge in [-0.2, -0.15) is 26.3 Å². The van der Waals surface area contributed by atoms with Gasteiger partial charge in [-0.15, -0.1) is 0 Å². The second-order valence-corrected chi connectivity index (χ2v) is 3.75. The van der Waals surface area contributed by atoms with E-state index in [-0.39, 0.29) is 6.07 Å². The molecule has 0 fully saturated rings. The number of carbonyl (C=O) groups excluding carboxylic acids is 1. The number of carbonyl (C=O) groups is 1. The van der Waals surface area contributed by atoms with Gasteiger partial charge in [0, 0.05) is 0 Å². The Bertz CT molecular complexity index is 496. The van der Waals surface area contributed by atoms with E-state index in [0.717, 1.165) is 0 Å². The van der Waals surface area contributed by atoms with Gasteiger partial charge in [0.25, 0.3) is 5.91 Å². The van der Waals surface area contributed by atoms with Crippen molar-refractivity contribution in [1.82, 2.24) is 0 Å². The lowest BCUT2D eigenvalue weighted by molar-refractivity contribution is -0.192. The zero-order valence-corrected chi connectivity index (χ0v) is 9.14. The fourth-order valence-corrected chi connectivity index (χ4v) is 1.39. The summed E-state index contributed by atoms with van der Waals surface area (Å²) in [7, 11) is 0. The maximum atomic E-state index is 12.8. The minimum absolute atomic E-state index is 0.151. The Kier molecular flexibility index (Phi) is 3.55. The average molecular weight is 286 g/mol. The summed E-state index contributed by atoms with van der Waals surface area (Å²) in [6, 6.07) is 2.08. The van der Waals surface area contributed by atoms with E-state index in [4.69, 9.17) is 5.73 Å². The monoisotopic (exact) mass is 286 g/mol. The highest BCUT2D eigenvalue weighted by Gasteiger charge is 2.58. The molecule has 1 amide bonds. The molecule has 1 aromatic carbocycles. The first-order chi connectivity index (χ1) is 8.40. The number of rotatable bonds is 2. The summed E-state index contributed by atoms with van der Waals surface area (Å²) < 4.78 is 75.5. The van der Waals surface area contributed by atoms with Crippen LogP contribution in [0.4, 0.5) is 26.3 Å². The topological polar surface area (TPSA) is 69.1 Å². The second-order valence-electron chi connectivity index (χ2n) is 3.75. The Morgan fingerprint density at radius 3 is 1.84 bits per heavy atom. The predicted octanol–water partition coefficient (Wildman–Crippen LogP) is 1.91. The molecule has 3 nitrogen and oxygen atoms in total. The normalized spacial score (nSPS) is 15.9. The average Bonchev–Trinajstić information content (AvgIpc) is 2.25. The van der Waals surface area contributed by atoms with E-state index in [1.165, 1.54) is 0 Å². The van der Waals surface area contributed by atoms with Crippen molar-refractivity contribution in [2.75, 3.05) is 0 Å². The number of halogens is 6. The minimum atomic E-state index is -5.32. The lowest BCUT2D eigenvalue weighted by Crippen LogP contribution is -2.59. The van der Waals surface area contributed by atoms with Crippen LogP contribution in [-0.4, -0.2) is 12.1 Å². The SMILES string of the molecule is NC(=O)C(N)(c1cccc(C(F)(F)F)c1)C(F)(F)F. The Balaban J connectivity index is 3.47. The third kappa shape index (κ3) is 2.65. The molecule has 0 radical (unpaired) electrons. The Morgan fingerprint density at radius 2 is 1.47 bits per heavy atom. The highest BCUT2D eigenvalue weighted by Crippen LogP contribution is 2.38. The van der Waals surface area contributed by atoms with Gasteiger partial charge in [-0.05, 0) is 17.7 Å². The van der Waals surface area contributed by atoms with Crippen LogP contribution in [0, 0.1) is 0 Å². The van der Waals surface area contributed by atoms with Crippen LogP contribution in [0.1, 0.15) is 11.1 Å². The fourth-order valence-electron chi connectivity index (χ4n) is 1.39. The number of amides is 1. The third-order valence-electron chi connectivity index (χ3n) is 2.48. The van der Waals surface area contributed by atoms with E-state index in [0.29, 0.717) is 18.2 Å². The van der Waals surface area contributed by atoms with Gasteiger partial charge in [0.1, 0.15) is 0 Å². The summed E-state index contributed by atoms with van der Waals surface area (Å²) in [6.07, 6.45) is -10.2. The first-order valence-corrected chi connectivity index (χ1v) is 4.74. The number of benzene rings is 1. The van der Waals surface area contributed by atoms with Gasteiger partial charge < -0.3 is 11.5 Å². The van der Waals surface area contributed by atoms with Crippen molar-refractivity contribution < 1.29 is 31.1 Å². The van der Waals surface area contributed by atoms with Gasteiger partial charge in [-0.25, -0.2) is 0 Å². The molecule has 106 valence electrons. The highest BCUT2D eigenvalue weighted by molar-refractivity contribution is 5.87. The summed E-state index contributed by atoms with van der Waals surface area (Å²) in [5.74, 6) is -1.99. The molecule has 1 atom stereocenters. The van der Waals surface area contributed by atoms with E-state index < -0.39 is 34.9 Å².